The molecule has 0 amide bonds. The lowest BCUT2D eigenvalue weighted by Crippen LogP contribution is -2.07. The third kappa shape index (κ3) is 3.35. The number of aryl methyl sites for hydroxylation is 2. The van der Waals surface area contributed by atoms with Gasteiger partial charge in [0.1, 0.15) is 5.82 Å². The molecular formula is C16H17BrFN. The molecule has 2 rings (SSSR count). The minimum Gasteiger partial charge on any atom is -0.378 e. The molecule has 100 valence electrons. The molecule has 1 N–H and O–H groups in total. The van der Waals surface area contributed by atoms with Crippen LogP contribution in [-0.4, -0.2) is 0 Å². The van der Waals surface area contributed by atoms with Crippen molar-refractivity contribution < 1.29 is 4.39 Å². The highest BCUT2D eigenvalue weighted by Crippen LogP contribution is 2.25. The van der Waals surface area contributed by atoms with E-state index in [4.69, 9.17) is 0 Å². The average Bonchev–Trinajstić information content (AvgIpc) is 2.37. The van der Waals surface area contributed by atoms with Crippen molar-refractivity contribution in [3.63, 3.8) is 0 Å². The van der Waals surface area contributed by atoms with Crippen LogP contribution in [0.2, 0.25) is 0 Å². The molecule has 0 radical (unpaired) electrons. The van der Waals surface area contributed by atoms with Crippen LogP contribution < -0.4 is 5.32 Å². The highest BCUT2D eigenvalue weighted by atomic mass is 79.9. The Morgan fingerprint density at radius 3 is 2.37 bits per heavy atom. The fraction of sp³-hybridized carbons (Fsp3) is 0.250. The van der Waals surface area contributed by atoms with Crippen LogP contribution in [0, 0.1) is 19.7 Å². The van der Waals surface area contributed by atoms with Crippen molar-refractivity contribution in [3.05, 3.63) is 63.4 Å². The van der Waals surface area contributed by atoms with E-state index in [0.29, 0.717) is 5.56 Å². The molecule has 0 aliphatic carbocycles. The average molecular weight is 322 g/mol. The predicted octanol–water partition coefficient (Wildman–Crippen LogP) is 5.38. The minimum absolute atomic E-state index is 0.0599. The van der Waals surface area contributed by atoms with Crippen LogP contribution in [0.25, 0.3) is 0 Å². The first kappa shape index (κ1) is 14.1. The molecule has 3 heteroatoms. The summed E-state index contributed by atoms with van der Waals surface area (Å²) in [4.78, 5) is 0. The lowest BCUT2D eigenvalue weighted by Gasteiger charge is -2.17. The first-order chi connectivity index (χ1) is 8.97. The number of hydrogen-bond donors (Lipinski definition) is 1. The summed E-state index contributed by atoms with van der Waals surface area (Å²) in [6, 6.07) is 11.5. The number of rotatable bonds is 3. The monoisotopic (exact) mass is 321 g/mol. The van der Waals surface area contributed by atoms with Crippen LogP contribution in [-0.2, 0) is 0 Å². The van der Waals surface area contributed by atoms with Crippen molar-refractivity contribution in [3.8, 4) is 0 Å². The Morgan fingerprint density at radius 2 is 1.74 bits per heavy atom. The zero-order valence-corrected chi connectivity index (χ0v) is 12.9. The topological polar surface area (TPSA) is 12.0 Å². The molecule has 0 saturated heterocycles. The molecule has 0 fully saturated rings. The van der Waals surface area contributed by atoms with E-state index in [2.05, 4.69) is 27.3 Å². The van der Waals surface area contributed by atoms with E-state index >= 15 is 0 Å². The van der Waals surface area contributed by atoms with E-state index in [1.165, 1.54) is 5.56 Å². The fourth-order valence-corrected chi connectivity index (χ4v) is 2.27. The van der Waals surface area contributed by atoms with Gasteiger partial charge in [-0.25, -0.2) is 4.39 Å². The van der Waals surface area contributed by atoms with E-state index in [-0.39, 0.29) is 11.9 Å². The number of anilines is 1. The third-order valence-electron chi connectivity index (χ3n) is 3.25. The SMILES string of the molecule is Cc1ccc(C(C)Nc2ccc(C)c(Br)c2)cc1F. The van der Waals surface area contributed by atoms with Crippen LogP contribution in [0.3, 0.4) is 0 Å². The molecule has 0 bridgehead atoms. The van der Waals surface area contributed by atoms with Crippen LogP contribution >= 0.6 is 15.9 Å². The second-order valence-electron chi connectivity index (χ2n) is 4.84. The summed E-state index contributed by atoms with van der Waals surface area (Å²) in [5.41, 5.74) is 3.83. The quantitative estimate of drug-likeness (QED) is 0.800. The second-order valence-corrected chi connectivity index (χ2v) is 5.69. The van der Waals surface area contributed by atoms with Gasteiger partial charge in [-0.05, 0) is 55.7 Å². The van der Waals surface area contributed by atoms with E-state index < -0.39 is 0 Å². The molecule has 0 saturated carbocycles. The molecule has 0 aliphatic rings. The van der Waals surface area contributed by atoms with E-state index in [1.807, 2.05) is 38.1 Å². The summed E-state index contributed by atoms with van der Waals surface area (Å²) >= 11 is 3.51. The number of benzene rings is 2. The molecule has 1 atom stereocenters. The highest BCUT2D eigenvalue weighted by molar-refractivity contribution is 9.10. The van der Waals surface area contributed by atoms with Crippen molar-refractivity contribution in [2.45, 2.75) is 26.8 Å². The largest absolute Gasteiger partial charge is 0.378 e. The van der Waals surface area contributed by atoms with Crippen molar-refractivity contribution in [2.24, 2.45) is 0 Å². The Morgan fingerprint density at radius 1 is 1.05 bits per heavy atom. The van der Waals surface area contributed by atoms with Gasteiger partial charge in [0.15, 0.2) is 0 Å². The maximum absolute atomic E-state index is 13.6. The van der Waals surface area contributed by atoms with Crippen LogP contribution in [0.1, 0.15) is 29.7 Å². The molecule has 0 aromatic heterocycles. The van der Waals surface area contributed by atoms with Crippen LogP contribution in [0.4, 0.5) is 10.1 Å². The lowest BCUT2D eigenvalue weighted by molar-refractivity contribution is 0.614. The van der Waals surface area contributed by atoms with Gasteiger partial charge in [0, 0.05) is 16.2 Å². The summed E-state index contributed by atoms with van der Waals surface area (Å²) in [6.07, 6.45) is 0. The Bertz CT molecular complexity index is 595. The molecule has 2 aromatic rings. The maximum Gasteiger partial charge on any atom is 0.126 e. The van der Waals surface area contributed by atoms with Crippen LogP contribution in [0.15, 0.2) is 40.9 Å². The van der Waals surface area contributed by atoms with Gasteiger partial charge >= 0.3 is 0 Å². The number of hydrogen-bond acceptors (Lipinski definition) is 1. The standard InChI is InChI=1S/C16H17BrFN/c1-10-5-7-14(9-15(10)17)19-12(3)13-6-4-11(2)16(18)8-13/h4-9,12,19H,1-3H3. The minimum atomic E-state index is -0.156. The van der Waals surface area contributed by atoms with E-state index in [9.17, 15) is 4.39 Å². The van der Waals surface area contributed by atoms with Crippen LogP contribution in [0.5, 0.6) is 0 Å². The van der Waals surface area contributed by atoms with Gasteiger partial charge < -0.3 is 5.32 Å². The summed E-state index contributed by atoms with van der Waals surface area (Å²) < 4.78 is 14.6. The maximum atomic E-state index is 13.6. The van der Waals surface area contributed by atoms with Crippen molar-refractivity contribution in [1.82, 2.24) is 0 Å². The molecule has 1 nitrogen and oxygen atoms in total. The first-order valence-electron chi connectivity index (χ1n) is 6.26. The van der Waals surface area contributed by atoms with Gasteiger partial charge in [-0.3, -0.25) is 0 Å². The van der Waals surface area contributed by atoms with Crippen molar-refractivity contribution in [1.29, 1.82) is 0 Å². The van der Waals surface area contributed by atoms with Crippen molar-refractivity contribution >= 4 is 21.6 Å². The van der Waals surface area contributed by atoms with Gasteiger partial charge in [-0.15, -0.1) is 0 Å². The molecule has 1 unspecified atom stereocenters. The van der Waals surface area contributed by atoms with Gasteiger partial charge in [0.25, 0.3) is 0 Å². The molecule has 0 heterocycles. The van der Waals surface area contributed by atoms with Gasteiger partial charge in [-0.1, -0.05) is 34.1 Å². The predicted molar refractivity (Wildman–Crippen MR) is 82.1 cm³/mol. The summed E-state index contributed by atoms with van der Waals surface area (Å²) in [5.74, 6) is -0.156. The number of halogens is 2. The Kier molecular flexibility index (Phi) is 4.25. The molecule has 19 heavy (non-hydrogen) atoms. The van der Waals surface area contributed by atoms with Gasteiger partial charge in [0.2, 0.25) is 0 Å². The second kappa shape index (κ2) is 5.74. The highest BCUT2D eigenvalue weighted by Gasteiger charge is 2.08. The molecule has 0 spiro atoms. The normalized spacial score (nSPS) is 12.3. The zero-order chi connectivity index (χ0) is 14.0. The molecule has 2 aromatic carbocycles. The summed E-state index contributed by atoms with van der Waals surface area (Å²) in [6.45, 7) is 5.85. The lowest BCUT2D eigenvalue weighted by atomic mass is 10.1. The fourth-order valence-electron chi connectivity index (χ4n) is 1.89. The molecule has 0 aliphatic heterocycles. The first-order valence-corrected chi connectivity index (χ1v) is 7.05. The van der Waals surface area contributed by atoms with E-state index in [0.717, 1.165) is 15.7 Å². The Hall–Kier alpha value is -1.35. The third-order valence-corrected chi connectivity index (χ3v) is 4.11. The summed E-state index contributed by atoms with van der Waals surface area (Å²) in [7, 11) is 0. The van der Waals surface area contributed by atoms with Crippen molar-refractivity contribution in [2.75, 3.05) is 5.32 Å². The zero-order valence-electron chi connectivity index (χ0n) is 11.3. The Labute approximate surface area is 122 Å². The Balaban J connectivity index is 2.17. The summed E-state index contributed by atoms with van der Waals surface area (Å²) in [5, 5.41) is 3.38. The van der Waals surface area contributed by atoms with Gasteiger partial charge in [-0.2, -0.15) is 0 Å². The van der Waals surface area contributed by atoms with E-state index in [1.54, 1.807) is 13.0 Å². The smallest absolute Gasteiger partial charge is 0.126 e. The molecular weight excluding hydrogens is 305 g/mol. The number of nitrogens with one attached hydrogen (secondary N) is 1. The van der Waals surface area contributed by atoms with Gasteiger partial charge in [0.05, 0.1) is 0 Å².